The highest BCUT2D eigenvalue weighted by atomic mass is 35.5. The summed E-state index contributed by atoms with van der Waals surface area (Å²) in [5, 5.41) is 18.5. The lowest BCUT2D eigenvalue weighted by Crippen LogP contribution is -2.50. The molecule has 2 heterocycles. The summed E-state index contributed by atoms with van der Waals surface area (Å²) in [7, 11) is 0. The number of nitrogens with one attached hydrogen (secondary N) is 3. The molecule has 2 aromatic carbocycles. The molecule has 2 amide bonds. The van der Waals surface area contributed by atoms with Crippen LogP contribution in [0.5, 0.6) is 0 Å². The average molecular weight is 653 g/mol. The van der Waals surface area contributed by atoms with Gasteiger partial charge in [-0.15, -0.1) is 0 Å². The third-order valence-corrected chi connectivity index (χ3v) is 8.50. The molecule has 2 aliphatic rings. The highest BCUT2D eigenvalue weighted by Gasteiger charge is 2.60. The summed E-state index contributed by atoms with van der Waals surface area (Å²) in [5.41, 5.74) is -5.22. The van der Waals surface area contributed by atoms with Crippen molar-refractivity contribution in [1.82, 2.24) is 25.3 Å². The third-order valence-electron chi connectivity index (χ3n) is 8.18. The summed E-state index contributed by atoms with van der Waals surface area (Å²) in [6.07, 6.45) is -2.08. The molecule has 1 aliphatic heterocycles. The molecule has 240 valence electrons. The van der Waals surface area contributed by atoms with Gasteiger partial charge in [-0.25, -0.2) is 18.3 Å². The maximum Gasteiger partial charge on any atom is 0.407 e. The molecule has 3 aromatic rings. The number of hydrogen-bond acceptors (Lipinski definition) is 5. The van der Waals surface area contributed by atoms with E-state index in [1.165, 1.54) is 29.1 Å². The second-order valence-electron chi connectivity index (χ2n) is 12.2. The Morgan fingerprint density at radius 2 is 1.84 bits per heavy atom. The number of guanidine groups is 1. The van der Waals surface area contributed by atoms with Gasteiger partial charge in [0.1, 0.15) is 23.8 Å². The van der Waals surface area contributed by atoms with E-state index in [-0.39, 0.29) is 10.6 Å². The number of rotatable bonds is 9. The van der Waals surface area contributed by atoms with Gasteiger partial charge in [-0.05, 0) is 67.6 Å². The largest absolute Gasteiger partial charge is 0.447 e. The van der Waals surface area contributed by atoms with Gasteiger partial charge in [0.25, 0.3) is 5.91 Å². The van der Waals surface area contributed by atoms with Gasteiger partial charge in [-0.2, -0.15) is 18.3 Å². The van der Waals surface area contributed by atoms with Crippen LogP contribution >= 0.6 is 11.6 Å². The summed E-state index contributed by atoms with van der Waals surface area (Å²) >= 11 is 6.42. The van der Waals surface area contributed by atoms with Crippen LogP contribution in [0.1, 0.15) is 57.2 Å². The summed E-state index contributed by atoms with van der Waals surface area (Å²) in [4.78, 5) is 28.0. The number of alkyl halides is 3. The van der Waals surface area contributed by atoms with Gasteiger partial charge in [-0.1, -0.05) is 31.5 Å². The van der Waals surface area contributed by atoms with Crippen molar-refractivity contribution < 1.29 is 36.3 Å². The molecular weight excluding hydrogens is 623 g/mol. The number of carbonyl (C=O) groups excluding carboxylic acids is 2. The number of halogens is 6. The van der Waals surface area contributed by atoms with Crippen molar-refractivity contribution in [1.29, 1.82) is 5.41 Å². The van der Waals surface area contributed by atoms with E-state index in [9.17, 15) is 31.5 Å². The van der Waals surface area contributed by atoms with Gasteiger partial charge in [0.05, 0.1) is 22.2 Å². The minimum atomic E-state index is -4.84. The van der Waals surface area contributed by atoms with E-state index in [4.69, 9.17) is 21.7 Å². The minimum absolute atomic E-state index is 0.263. The van der Waals surface area contributed by atoms with Crippen LogP contribution in [-0.2, 0) is 15.1 Å². The molecule has 1 saturated carbocycles. The molecule has 9 nitrogen and oxygen atoms in total. The number of aromatic nitrogens is 2. The van der Waals surface area contributed by atoms with Crippen molar-refractivity contribution in [3.63, 3.8) is 0 Å². The molecule has 0 bridgehead atoms. The number of nitrogens with zero attached hydrogens (tertiary/aromatic N) is 3. The zero-order valence-electron chi connectivity index (χ0n) is 24.4. The van der Waals surface area contributed by atoms with Crippen LogP contribution in [0, 0.1) is 22.5 Å². The fourth-order valence-electron chi connectivity index (χ4n) is 5.29. The summed E-state index contributed by atoms with van der Waals surface area (Å²) in [6, 6.07) is 6.92. The van der Waals surface area contributed by atoms with Crippen molar-refractivity contribution in [2.24, 2.45) is 5.41 Å². The smallest absolute Gasteiger partial charge is 0.407 e. The first kappa shape index (κ1) is 32.2. The first-order chi connectivity index (χ1) is 20.9. The number of alkyl carbamates (subject to hydrolysis) is 1. The van der Waals surface area contributed by atoms with Gasteiger partial charge < -0.3 is 15.4 Å². The summed E-state index contributed by atoms with van der Waals surface area (Å²) in [6.45, 7) is 2.99. The molecule has 1 saturated heterocycles. The average Bonchev–Trinajstić information content (AvgIpc) is 3.31. The van der Waals surface area contributed by atoms with Crippen LogP contribution in [0.3, 0.4) is 0 Å². The van der Waals surface area contributed by atoms with Crippen LogP contribution in [-0.4, -0.2) is 51.0 Å². The quantitative estimate of drug-likeness (QED) is 0.233. The highest BCUT2D eigenvalue weighted by Crippen LogP contribution is 2.49. The number of amides is 2. The molecule has 45 heavy (non-hydrogen) atoms. The lowest BCUT2D eigenvalue weighted by atomic mass is 9.74. The maximum atomic E-state index is 14.5. The fourth-order valence-corrected chi connectivity index (χ4v) is 5.50. The van der Waals surface area contributed by atoms with Crippen LogP contribution in [0.15, 0.2) is 54.9 Å². The predicted octanol–water partition coefficient (Wildman–Crippen LogP) is 6.36. The van der Waals surface area contributed by atoms with Crippen molar-refractivity contribution >= 4 is 29.6 Å². The van der Waals surface area contributed by atoms with Gasteiger partial charge in [0.2, 0.25) is 0 Å². The third kappa shape index (κ3) is 6.33. The lowest BCUT2D eigenvalue weighted by Gasteiger charge is -2.37. The predicted molar refractivity (Wildman–Crippen MR) is 154 cm³/mol. The summed E-state index contributed by atoms with van der Waals surface area (Å²) in [5.74, 6) is -4.02. The normalized spacial score (nSPS) is 20.2. The molecule has 2 fully saturated rings. The molecular formula is C30H30ClF5N6O3. The zero-order valence-corrected chi connectivity index (χ0v) is 25.2. The standard InChI is InChI=1S/C30H30ClF5N6O3/c1-27(2,30(34,35)36)16-29(18-12-19(32)14-20(33)13-18)24(43)42(25(37)39-29)23(15-45-26(44)40-28(3)7-8-28)17-5-6-21(31)22(11-17)41-10-4-9-38-41/h4-6,9-14,23H,7-8,15-16H2,1-3H3,(H2,37,39)(H,40,44)/t23-,29-/m1/s1. The molecule has 1 aliphatic carbocycles. The second-order valence-corrected chi connectivity index (χ2v) is 12.6. The van der Waals surface area contributed by atoms with Gasteiger partial charge >= 0.3 is 12.3 Å². The molecule has 0 radical (unpaired) electrons. The molecule has 1 aromatic heterocycles. The Kier molecular flexibility index (Phi) is 8.09. The second kappa shape index (κ2) is 11.3. The molecule has 3 N–H and O–H groups in total. The molecule has 5 rings (SSSR count). The first-order valence-electron chi connectivity index (χ1n) is 13.9. The van der Waals surface area contributed by atoms with Crippen molar-refractivity contribution in [2.45, 2.75) is 63.3 Å². The van der Waals surface area contributed by atoms with E-state index in [1.54, 1.807) is 12.3 Å². The van der Waals surface area contributed by atoms with E-state index < -0.39 is 76.9 Å². The number of ether oxygens (including phenoxy) is 1. The Labute approximate surface area is 260 Å². The Bertz CT molecular complexity index is 1620. The van der Waals surface area contributed by atoms with Gasteiger partial charge in [0.15, 0.2) is 5.96 Å². The van der Waals surface area contributed by atoms with E-state index in [2.05, 4.69) is 15.7 Å². The number of hydrogen-bond donors (Lipinski definition) is 3. The van der Waals surface area contributed by atoms with Gasteiger partial charge in [0, 0.05) is 24.0 Å². The van der Waals surface area contributed by atoms with E-state index >= 15 is 0 Å². The molecule has 0 spiro atoms. The van der Waals surface area contributed by atoms with Crippen molar-refractivity contribution in [3.8, 4) is 5.69 Å². The van der Waals surface area contributed by atoms with Gasteiger partial charge in [-0.3, -0.25) is 15.1 Å². The van der Waals surface area contributed by atoms with Crippen molar-refractivity contribution in [2.75, 3.05) is 6.61 Å². The topological polar surface area (TPSA) is 112 Å². The zero-order chi connectivity index (χ0) is 32.9. The van der Waals surface area contributed by atoms with Crippen LogP contribution < -0.4 is 10.6 Å². The monoisotopic (exact) mass is 652 g/mol. The van der Waals surface area contributed by atoms with E-state index in [0.29, 0.717) is 11.8 Å². The molecule has 2 atom stereocenters. The van der Waals surface area contributed by atoms with Crippen LogP contribution in [0.2, 0.25) is 5.02 Å². The van der Waals surface area contributed by atoms with E-state index in [1.807, 2.05) is 6.92 Å². The Hall–Kier alpha value is -4.20. The minimum Gasteiger partial charge on any atom is -0.447 e. The lowest BCUT2D eigenvalue weighted by molar-refractivity contribution is -0.218. The van der Waals surface area contributed by atoms with Crippen LogP contribution in [0.25, 0.3) is 5.69 Å². The SMILES string of the molecule is CC1(NC(=O)OC[C@H](c2ccc(Cl)c(-n3cccn3)c2)N2C(=N)N[C@](CC(C)(C)C(F)(F)F)(c3cc(F)cc(F)c3)C2=O)CC1. The summed E-state index contributed by atoms with van der Waals surface area (Å²) < 4.78 is 78.5. The first-order valence-corrected chi connectivity index (χ1v) is 14.3. The fraction of sp³-hybridized carbons (Fsp3) is 0.400. The molecule has 15 heteroatoms. The maximum absolute atomic E-state index is 14.5. The van der Waals surface area contributed by atoms with Crippen LogP contribution in [0.4, 0.5) is 26.7 Å². The Balaban J connectivity index is 1.61. The molecule has 0 unspecified atom stereocenters. The Morgan fingerprint density at radius 3 is 2.42 bits per heavy atom. The van der Waals surface area contributed by atoms with Crippen molar-refractivity contribution in [3.05, 3.63) is 82.6 Å². The van der Waals surface area contributed by atoms with E-state index in [0.717, 1.165) is 43.7 Å². The Morgan fingerprint density at radius 1 is 1.18 bits per heavy atom. The number of benzene rings is 2. The number of carbonyl (C=O) groups is 2. The highest BCUT2D eigenvalue weighted by molar-refractivity contribution is 6.32.